The van der Waals surface area contributed by atoms with Crippen LogP contribution in [0.4, 0.5) is 10.1 Å². The number of nitrogens with two attached hydrogens (primary N) is 1. The van der Waals surface area contributed by atoms with E-state index in [1.807, 2.05) is 0 Å². The van der Waals surface area contributed by atoms with E-state index in [1.54, 1.807) is 0 Å². The van der Waals surface area contributed by atoms with Crippen molar-refractivity contribution < 1.29 is 17.9 Å². The van der Waals surface area contributed by atoms with Crippen molar-refractivity contribution in [3.8, 4) is 0 Å². The van der Waals surface area contributed by atoms with Gasteiger partial charge in [0.2, 0.25) is 10.0 Å². The second-order valence-electron chi connectivity index (χ2n) is 4.88. The van der Waals surface area contributed by atoms with Gasteiger partial charge in [0.05, 0.1) is 16.7 Å². The molecular formula is C12H16BrFN2O3S. The van der Waals surface area contributed by atoms with Crippen LogP contribution in [0.3, 0.4) is 0 Å². The van der Waals surface area contributed by atoms with Gasteiger partial charge < -0.3 is 10.8 Å². The molecule has 1 aromatic rings. The summed E-state index contributed by atoms with van der Waals surface area (Å²) in [4.78, 5) is -0.130. The van der Waals surface area contributed by atoms with E-state index in [2.05, 4.69) is 20.7 Å². The third-order valence-corrected chi connectivity index (χ3v) is 5.83. The summed E-state index contributed by atoms with van der Waals surface area (Å²) in [6.45, 7) is 0. The molecule has 0 saturated heterocycles. The van der Waals surface area contributed by atoms with Crippen molar-refractivity contribution in [1.82, 2.24) is 4.72 Å². The summed E-state index contributed by atoms with van der Waals surface area (Å²) in [6, 6.07) is 1.56. The van der Waals surface area contributed by atoms with Gasteiger partial charge in [-0.15, -0.1) is 0 Å². The van der Waals surface area contributed by atoms with Gasteiger partial charge in [0.15, 0.2) is 0 Å². The molecule has 2 rings (SSSR count). The zero-order valence-corrected chi connectivity index (χ0v) is 13.0. The Morgan fingerprint density at radius 2 is 2.00 bits per heavy atom. The lowest BCUT2D eigenvalue weighted by atomic mass is 9.93. The van der Waals surface area contributed by atoms with E-state index in [0.29, 0.717) is 12.8 Å². The maximum absolute atomic E-state index is 13.3. The Bertz CT molecular complexity index is 609. The first-order chi connectivity index (χ1) is 9.31. The fourth-order valence-corrected chi connectivity index (χ4v) is 4.62. The number of halogens is 2. The Labute approximate surface area is 125 Å². The van der Waals surface area contributed by atoms with Gasteiger partial charge in [-0.2, -0.15) is 0 Å². The number of hydrogen-bond acceptors (Lipinski definition) is 4. The van der Waals surface area contributed by atoms with Crippen LogP contribution in [0.2, 0.25) is 0 Å². The molecule has 0 aromatic heterocycles. The van der Waals surface area contributed by atoms with E-state index >= 15 is 0 Å². The first-order valence-electron chi connectivity index (χ1n) is 6.26. The van der Waals surface area contributed by atoms with Gasteiger partial charge in [0, 0.05) is 10.5 Å². The number of anilines is 1. The number of rotatable bonds is 3. The SMILES string of the molecule is Nc1cc(S(=O)(=O)N[C@H]2CCCC[C@@H]2O)c(Br)cc1F. The maximum Gasteiger partial charge on any atom is 0.242 e. The molecule has 0 heterocycles. The number of sulfonamides is 1. The molecule has 1 fully saturated rings. The number of nitrogens with one attached hydrogen (secondary N) is 1. The van der Waals surface area contributed by atoms with Gasteiger partial charge in [-0.05, 0) is 40.9 Å². The Kier molecular flexibility index (Phi) is 4.68. The zero-order valence-electron chi connectivity index (χ0n) is 10.6. The van der Waals surface area contributed by atoms with Crippen LogP contribution >= 0.6 is 15.9 Å². The van der Waals surface area contributed by atoms with Crippen LogP contribution in [0.25, 0.3) is 0 Å². The van der Waals surface area contributed by atoms with Gasteiger partial charge in [-0.3, -0.25) is 0 Å². The minimum Gasteiger partial charge on any atom is -0.396 e. The first-order valence-corrected chi connectivity index (χ1v) is 8.54. The molecular weight excluding hydrogens is 351 g/mol. The smallest absolute Gasteiger partial charge is 0.242 e. The number of hydrogen-bond donors (Lipinski definition) is 3. The summed E-state index contributed by atoms with van der Waals surface area (Å²) < 4.78 is 40.4. The van der Waals surface area contributed by atoms with E-state index in [0.717, 1.165) is 25.0 Å². The minimum absolute atomic E-state index is 0.0991. The van der Waals surface area contributed by atoms with Crippen LogP contribution < -0.4 is 10.5 Å². The molecule has 20 heavy (non-hydrogen) atoms. The van der Waals surface area contributed by atoms with Crippen LogP contribution in [0.1, 0.15) is 25.7 Å². The second-order valence-corrected chi connectivity index (χ2v) is 7.42. The van der Waals surface area contributed by atoms with Crippen molar-refractivity contribution in [1.29, 1.82) is 0 Å². The number of aliphatic hydroxyl groups excluding tert-OH is 1. The van der Waals surface area contributed by atoms with Crippen LogP contribution in [0.15, 0.2) is 21.5 Å². The lowest BCUT2D eigenvalue weighted by molar-refractivity contribution is 0.101. The molecule has 2 atom stereocenters. The minimum atomic E-state index is -3.87. The summed E-state index contributed by atoms with van der Waals surface area (Å²) in [5, 5.41) is 9.82. The highest BCUT2D eigenvalue weighted by atomic mass is 79.9. The lowest BCUT2D eigenvalue weighted by Gasteiger charge is -2.28. The summed E-state index contributed by atoms with van der Waals surface area (Å²) >= 11 is 3.02. The Balaban J connectivity index is 2.28. The van der Waals surface area contributed by atoms with E-state index in [4.69, 9.17) is 5.73 Å². The average Bonchev–Trinajstić information content (AvgIpc) is 2.36. The molecule has 1 aliphatic rings. The van der Waals surface area contributed by atoms with Gasteiger partial charge >= 0.3 is 0 Å². The topological polar surface area (TPSA) is 92.4 Å². The highest BCUT2D eigenvalue weighted by molar-refractivity contribution is 9.10. The average molecular weight is 367 g/mol. The van der Waals surface area contributed by atoms with Crippen molar-refractivity contribution in [2.24, 2.45) is 0 Å². The lowest BCUT2D eigenvalue weighted by Crippen LogP contribution is -2.45. The Morgan fingerprint density at radius 1 is 1.35 bits per heavy atom. The Hall–Kier alpha value is -0.700. The third kappa shape index (κ3) is 3.30. The summed E-state index contributed by atoms with van der Waals surface area (Å²) in [6.07, 6.45) is 2.19. The summed E-state index contributed by atoms with van der Waals surface area (Å²) in [7, 11) is -3.87. The monoisotopic (exact) mass is 366 g/mol. The predicted octanol–water partition coefficient (Wildman–Crippen LogP) is 1.75. The molecule has 0 bridgehead atoms. The van der Waals surface area contributed by atoms with Crippen LogP contribution in [0, 0.1) is 5.82 Å². The zero-order chi connectivity index (χ0) is 14.9. The highest BCUT2D eigenvalue weighted by Gasteiger charge is 2.29. The van der Waals surface area contributed by atoms with Crippen LogP contribution in [0.5, 0.6) is 0 Å². The van der Waals surface area contributed by atoms with E-state index < -0.39 is 28.0 Å². The molecule has 1 saturated carbocycles. The van der Waals surface area contributed by atoms with Crippen molar-refractivity contribution in [3.05, 3.63) is 22.4 Å². The first kappa shape index (κ1) is 15.7. The molecule has 5 nitrogen and oxygen atoms in total. The van der Waals surface area contributed by atoms with Crippen molar-refractivity contribution >= 4 is 31.6 Å². The normalized spacial score (nSPS) is 23.8. The summed E-state index contributed by atoms with van der Waals surface area (Å²) in [5.41, 5.74) is 5.17. The molecule has 112 valence electrons. The molecule has 4 N–H and O–H groups in total. The van der Waals surface area contributed by atoms with Crippen molar-refractivity contribution in [2.75, 3.05) is 5.73 Å². The quantitative estimate of drug-likeness (QED) is 0.710. The number of aliphatic hydroxyl groups is 1. The van der Waals surface area contributed by atoms with E-state index in [-0.39, 0.29) is 15.1 Å². The fourth-order valence-electron chi connectivity index (χ4n) is 2.26. The van der Waals surface area contributed by atoms with Crippen molar-refractivity contribution in [3.63, 3.8) is 0 Å². The van der Waals surface area contributed by atoms with Crippen LogP contribution in [-0.2, 0) is 10.0 Å². The second kappa shape index (κ2) is 5.97. The highest BCUT2D eigenvalue weighted by Crippen LogP contribution is 2.28. The maximum atomic E-state index is 13.3. The largest absolute Gasteiger partial charge is 0.396 e. The van der Waals surface area contributed by atoms with Crippen LogP contribution in [-0.4, -0.2) is 25.7 Å². The van der Waals surface area contributed by atoms with Gasteiger partial charge in [0.1, 0.15) is 5.82 Å². The molecule has 8 heteroatoms. The van der Waals surface area contributed by atoms with E-state index in [1.165, 1.54) is 0 Å². The molecule has 0 aliphatic heterocycles. The summed E-state index contributed by atoms with van der Waals surface area (Å²) in [5.74, 6) is -0.687. The van der Waals surface area contributed by atoms with Gasteiger partial charge in [-0.1, -0.05) is 12.8 Å². The predicted molar refractivity (Wildman–Crippen MR) is 77.1 cm³/mol. The standard InChI is InChI=1S/C12H16BrFN2O3S/c13-7-5-8(14)9(15)6-12(7)20(18,19)16-10-3-1-2-4-11(10)17/h5-6,10-11,16-17H,1-4,15H2/t10-,11-/m0/s1. The Morgan fingerprint density at radius 3 is 2.65 bits per heavy atom. The van der Waals surface area contributed by atoms with Gasteiger partial charge in [-0.25, -0.2) is 17.5 Å². The third-order valence-electron chi connectivity index (χ3n) is 3.38. The fraction of sp³-hybridized carbons (Fsp3) is 0.500. The number of benzene rings is 1. The molecule has 1 aliphatic carbocycles. The number of nitrogen functional groups attached to an aromatic ring is 1. The molecule has 0 amide bonds. The molecule has 0 spiro atoms. The molecule has 0 radical (unpaired) electrons. The molecule has 1 aromatic carbocycles. The molecule has 0 unspecified atom stereocenters. The van der Waals surface area contributed by atoms with Crippen molar-refractivity contribution in [2.45, 2.75) is 42.7 Å². The van der Waals surface area contributed by atoms with E-state index in [9.17, 15) is 17.9 Å². The van der Waals surface area contributed by atoms with Gasteiger partial charge in [0.25, 0.3) is 0 Å².